The van der Waals surface area contributed by atoms with Crippen LogP contribution in [0.2, 0.25) is 0 Å². The summed E-state index contributed by atoms with van der Waals surface area (Å²) in [5.74, 6) is 0.167. The summed E-state index contributed by atoms with van der Waals surface area (Å²) in [4.78, 5) is 14.3. The van der Waals surface area contributed by atoms with E-state index in [9.17, 15) is 4.79 Å². The average Bonchev–Trinajstić information content (AvgIpc) is 3.25. The summed E-state index contributed by atoms with van der Waals surface area (Å²) < 4.78 is 0. The zero-order valence-electron chi connectivity index (χ0n) is 20.6. The fourth-order valence-electron chi connectivity index (χ4n) is 3.84. The van der Waals surface area contributed by atoms with E-state index in [1.807, 2.05) is 55.5 Å². The van der Waals surface area contributed by atoms with Crippen molar-refractivity contribution < 1.29 is 4.79 Å². The number of carbonyl (C=O) groups excluding carboxylic acids is 1. The van der Waals surface area contributed by atoms with Crippen LogP contribution in [0.5, 0.6) is 0 Å². The Labute approximate surface area is 211 Å². The van der Waals surface area contributed by atoms with Gasteiger partial charge in [-0.15, -0.1) is 10.2 Å². The topological polar surface area (TPSA) is 71.8 Å². The summed E-state index contributed by atoms with van der Waals surface area (Å²) in [5.41, 5.74) is 7.26. The van der Waals surface area contributed by atoms with Crippen molar-refractivity contribution in [1.29, 1.82) is 0 Å². The van der Waals surface area contributed by atoms with Crippen LogP contribution in [-0.2, 0) is 6.42 Å². The number of hydrogen-bond acceptors (Lipinski definition) is 4. The van der Waals surface area contributed by atoms with Gasteiger partial charge in [-0.25, -0.2) is 0 Å². The summed E-state index contributed by atoms with van der Waals surface area (Å²) in [5, 5.41) is 15.4. The van der Waals surface area contributed by atoms with E-state index in [1.165, 1.54) is 24.0 Å². The molecular weight excluding hydrogens is 454 g/mol. The summed E-state index contributed by atoms with van der Waals surface area (Å²) in [7, 11) is 0. The monoisotopic (exact) mass is 485 g/mol. The minimum absolute atomic E-state index is 0.237. The normalized spacial score (nSPS) is 11.1. The fourth-order valence-corrected chi connectivity index (χ4v) is 4.05. The van der Waals surface area contributed by atoms with Crippen molar-refractivity contribution >= 4 is 40.0 Å². The standard InChI is InChI=1S/C28H31N5OS/c1-5-6-7-20-8-14-23(15-9-20)33-31-25-16-19(4)24(17-26(25)32-33)29-28(35)30-27(34)22-12-10-21(11-13-22)18(2)3/h8-18H,5-7H2,1-4H3,(H2,29,30,34,35). The Bertz CT molecular complexity index is 1340. The zero-order chi connectivity index (χ0) is 24.9. The number of aromatic nitrogens is 3. The highest BCUT2D eigenvalue weighted by Gasteiger charge is 2.12. The molecule has 4 aromatic rings. The van der Waals surface area contributed by atoms with E-state index in [1.54, 1.807) is 4.80 Å². The number of amides is 1. The first-order valence-corrected chi connectivity index (χ1v) is 12.4. The number of anilines is 1. The van der Waals surface area contributed by atoms with Gasteiger partial charge in [0.2, 0.25) is 0 Å². The molecule has 0 bridgehead atoms. The van der Waals surface area contributed by atoms with Crippen LogP contribution in [0, 0.1) is 6.92 Å². The number of nitrogens with one attached hydrogen (secondary N) is 2. The van der Waals surface area contributed by atoms with Crippen molar-refractivity contribution in [2.75, 3.05) is 5.32 Å². The summed E-state index contributed by atoms with van der Waals surface area (Å²) >= 11 is 5.40. The molecule has 35 heavy (non-hydrogen) atoms. The van der Waals surface area contributed by atoms with E-state index in [0.717, 1.165) is 34.4 Å². The molecule has 0 aliphatic heterocycles. The molecule has 0 saturated heterocycles. The number of unbranched alkanes of at least 4 members (excludes halogenated alkanes) is 1. The third-order valence-corrected chi connectivity index (χ3v) is 6.23. The molecule has 0 spiro atoms. The molecule has 1 heterocycles. The Morgan fingerprint density at radius 2 is 1.66 bits per heavy atom. The van der Waals surface area contributed by atoms with Crippen LogP contribution in [-0.4, -0.2) is 26.0 Å². The van der Waals surface area contributed by atoms with E-state index in [4.69, 9.17) is 12.2 Å². The third kappa shape index (κ3) is 5.92. The molecule has 4 rings (SSSR count). The van der Waals surface area contributed by atoms with E-state index >= 15 is 0 Å². The van der Waals surface area contributed by atoms with Gasteiger partial charge < -0.3 is 5.32 Å². The van der Waals surface area contributed by atoms with E-state index in [2.05, 4.69) is 53.7 Å². The lowest BCUT2D eigenvalue weighted by molar-refractivity contribution is 0.0977. The van der Waals surface area contributed by atoms with Gasteiger partial charge in [-0.05, 0) is 91.0 Å². The second-order valence-corrected chi connectivity index (χ2v) is 9.51. The van der Waals surface area contributed by atoms with Gasteiger partial charge in [0, 0.05) is 11.3 Å². The molecule has 3 aromatic carbocycles. The van der Waals surface area contributed by atoms with Crippen molar-refractivity contribution in [3.05, 3.63) is 82.9 Å². The number of nitrogens with zero attached hydrogens (tertiary/aromatic N) is 3. The van der Waals surface area contributed by atoms with Gasteiger partial charge in [0.05, 0.1) is 5.69 Å². The van der Waals surface area contributed by atoms with Crippen LogP contribution in [0.15, 0.2) is 60.7 Å². The van der Waals surface area contributed by atoms with Crippen LogP contribution in [0.3, 0.4) is 0 Å². The lowest BCUT2D eigenvalue weighted by atomic mass is 10.0. The Morgan fingerprint density at radius 3 is 2.29 bits per heavy atom. The molecule has 7 heteroatoms. The highest BCUT2D eigenvalue weighted by Crippen LogP contribution is 2.22. The number of hydrogen-bond donors (Lipinski definition) is 2. The van der Waals surface area contributed by atoms with Crippen LogP contribution >= 0.6 is 12.2 Å². The maximum atomic E-state index is 12.6. The number of fused-ring (bicyclic) bond motifs is 1. The second kappa shape index (κ2) is 10.8. The van der Waals surface area contributed by atoms with Gasteiger partial charge in [-0.3, -0.25) is 10.1 Å². The van der Waals surface area contributed by atoms with Crippen molar-refractivity contribution in [3.8, 4) is 5.69 Å². The highest BCUT2D eigenvalue weighted by molar-refractivity contribution is 7.80. The molecule has 1 amide bonds. The number of benzene rings is 3. The molecule has 0 aliphatic rings. The smallest absolute Gasteiger partial charge is 0.257 e. The predicted octanol–water partition coefficient (Wildman–Crippen LogP) is 6.32. The number of rotatable bonds is 7. The van der Waals surface area contributed by atoms with Gasteiger partial charge in [0.15, 0.2) is 5.11 Å². The predicted molar refractivity (Wildman–Crippen MR) is 146 cm³/mol. The maximum Gasteiger partial charge on any atom is 0.257 e. The van der Waals surface area contributed by atoms with Crippen molar-refractivity contribution in [1.82, 2.24) is 20.3 Å². The Kier molecular flexibility index (Phi) is 7.56. The first kappa shape index (κ1) is 24.5. The molecule has 0 fully saturated rings. The minimum Gasteiger partial charge on any atom is -0.332 e. The molecule has 0 aliphatic carbocycles. The molecule has 180 valence electrons. The molecule has 0 radical (unpaired) electrons. The molecule has 0 atom stereocenters. The molecular formula is C28H31N5OS. The van der Waals surface area contributed by atoms with Crippen LogP contribution in [0.1, 0.15) is 66.6 Å². The van der Waals surface area contributed by atoms with E-state index < -0.39 is 0 Å². The largest absolute Gasteiger partial charge is 0.332 e. The lowest BCUT2D eigenvalue weighted by Crippen LogP contribution is -2.34. The summed E-state index contributed by atoms with van der Waals surface area (Å²) in [6, 6.07) is 19.8. The molecule has 2 N–H and O–H groups in total. The second-order valence-electron chi connectivity index (χ2n) is 9.10. The van der Waals surface area contributed by atoms with E-state index in [0.29, 0.717) is 11.5 Å². The third-order valence-electron chi connectivity index (χ3n) is 6.03. The van der Waals surface area contributed by atoms with Crippen molar-refractivity contribution in [2.45, 2.75) is 52.9 Å². The Balaban J connectivity index is 1.46. The quantitative estimate of drug-likeness (QED) is 0.300. The number of thiocarbonyl (C=S) groups is 1. The minimum atomic E-state index is -0.245. The molecule has 6 nitrogen and oxygen atoms in total. The Morgan fingerprint density at radius 1 is 1.00 bits per heavy atom. The van der Waals surface area contributed by atoms with E-state index in [-0.39, 0.29) is 11.0 Å². The van der Waals surface area contributed by atoms with Crippen LogP contribution in [0.4, 0.5) is 5.69 Å². The molecule has 1 aromatic heterocycles. The highest BCUT2D eigenvalue weighted by atomic mass is 32.1. The maximum absolute atomic E-state index is 12.6. The van der Waals surface area contributed by atoms with Gasteiger partial charge in [0.25, 0.3) is 5.91 Å². The zero-order valence-corrected chi connectivity index (χ0v) is 21.4. The average molecular weight is 486 g/mol. The van der Waals surface area contributed by atoms with Crippen LogP contribution in [0.25, 0.3) is 16.7 Å². The lowest BCUT2D eigenvalue weighted by Gasteiger charge is -2.12. The summed E-state index contributed by atoms with van der Waals surface area (Å²) in [6.45, 7) is 8.41. The van der Waals surface area contributed by atoms with Gasteiger partial charge in [-0.2, -0.15) is 4.80 Å². The summed E-state index contributed by atoms with van der Waals surface area (Å²) in [6.07, 6.45) is 3.45. The van der Waals surface area contributed by atoms with Gasteiger partial charge in [-0.1, -0.05) is 51.5 Å². The van der Waals surface area contributed by atoms with Crippen molar-refractivity contribution in [2.24, 2.45) is 0 Å². The molecule has 0 unspecified atom stereocenters. The van der Waals surface area contributed by atoms with Crippen molar-refractivity contribution in [3.63, 3.8) is 0 Å². The SMILES string of the molecule is CCCCc1ccc(-n2nc3cc(C)c(NC(=S)NC(=O)c4ccc(C(C)C)cc4)cc3n2)cc1. The molecule has 0 saturated carbocycles. The number of carbonyl (C=O) groups is 1. The number of aryl methyl sites for hydroxylation is 2. The Hall–Kier alpha value is -3.58. The first-order chi connectivity index (χ1) is 16.8. The van der Waals surface area contributed by atoms with Gasteiger partial charge >= 0.3 is 0 Å². The fraction of sp³-hybridized carbons (Fsp3) is 0.286. The van der Waals surface area contributed by atoms with Crippen LogP contribution < -0.4 is 10.6 Å². The van der Waals surface area contributed by atoms with Gasteiger partial charge in [0.1, 0.15) is 11.0 Å². The first-order valence-electron chi connectivity index (χ1n) is 12.0.